The summed E-state index contributed by atoms with van der Waals surface area (Å²) in [6.45, 7) is 5.43. The molecule has 2 aromatic carbocycles. The first kappa shape index (κ1) is 20.7. The minimum absolute atomic E-state index is 0.0445. The van der Waals surface area contributed by atoms with Gasteiger partial charge < -0.3 is 9.47 Å². The number of benzene rings is 2. The summed E-state index contributed by atoms with van der Waals surface area (Å²) in [5, 5.41) is 0. The van der Waals surface area contributed by atoms with Crippen molar-refractivity contribution < 1.29 is 23.5 Å². The molecule has 146 valence electrons. The van der Waals surface area contributed by atoms with Gasteiger partial charge in [0.05, 0.1) is 0 Å². The number of hydrogen-bond donors (Lipinski definition) is 2. The number of nitrogens with one attached hydrogen (secondary N) is 2. The molecule has 0 saturated heterocycles. The SMILES string of the molecule is C=CCOc1ccc(/C=C/C(=O)NNC(=O)[C@@H](C)Oc2ccccc2F)cc1. The van der Waals surface area contributed by atoms with E-state index in [9.17, 15) is 14.0 Å². The molecule has 1 atom stereocenters. The Kier molecular flexibility index (Phi) is 7.77. The van der Waals surface area contributed by atoms with E-state index in [1.54, 1.807) is 42.5 Å². The fourth-order valence-corrected chi connectivity index (χ4v) is 2.05. The first-order chi connectivity index (χ1) is 13.5. The van der Waals surface area contributed by atoms with Gasteiger partial charge in [-0.2, -0.15) is 0 Å². The highest BCUT2D eigenvalue weighted by atomic mass is 19.1. The minimum atomic E-state index is -0.996. The van der Waals surface area contributed by atoms with Crippen molar-refractivity contribution in [2.45, 2.75) is 13.0 Å². The van der Waals surface area contributed by atoms with E-state index in [1.165, 1.54) is 31.2 Å². The van der Waals surface area contributed by atoms with Crippen LogP contribution in [0.5, 0.6) is 11.5 Å². The van der Waals surface area contributed by atoms with Gasteiger partial charge in [-0.3, -0.25) is 20.4 Å². The molecule has 0 aliphatic rings. The fourth-order valence-electron chi connectivity index (χ4n) is 2.05. The highest BCUT2D eigenvalue weighted by Crippen LogP contribution is 2.17. The molecule has 0 saturated carbocycles. The molecule has 2 N–H and O–H groups in total. The van der Waals surface area contributed by atoms with Gasteiger partial charge in [-0.25, -0.2) is 4.39 Å². The summed E-state index contributed by atoms with van der Waals surface area (Å²) in [6, 6.07) is 12.8. The zero-order valence-corrected chi connectivity index (χ0v) is 15.4. The number of carbonyl (C=O) groups is 2. The van der Waals surface area contributed by atoms with E-state index in [-0.39, 0.29) is 5.75 Å². The number of hydrogen-bond acceptors (Lipinski definition) is 4. The molecule has 2 aromatic rings. The van der Waals surface area contributed by atoms with Crippen molar-refractivity contribution in [3.05, 3.63) is 78.6 Å². The summed E-state index contributed by atoms with van der Waals surface area (Å²) in [5.74, 6) is -1.07. The Morgan fingerprint density at radius 2 is 1.86 bits per heavy atom. The molecule has 0 fully saturated rings. The topological polar surface area (TPSA) is 76.7 Å². The molecule has 0 aliphatic heterocycles. The van der Waals surface area contributed by atoms with Gasteiger partial charge in [0.15, 0.2) is 17.7 Å². The Morgan fingerprint density at radius 1 is 1.14 bits per heavy atom. The summed E-state index contributed by atoms with van der Waals surface area (Å²) >= 11 is 0. The fraction of sp³-hybridized carbons (Fsp3) is 0.143. The van der Waals surface area contributed by atoms with Gasteiger partial charge in [0.25, 0.3) is 11.8 Å². The van der Waals surface area contributed by atoms with Crippen LogP contribution in [0.4, 0.5) is 4.39 Å². The maximum Gasteiger partial charge on any atom is 0.279 e. The predicted octanol–water partition coefficient (Wildman–Crippen LogP) is 3.02. The van der Waals surface area contributed by atoms with Crippen LogP contribution < -0.4 is 20.3 Å². The zero-order chi connectivity index (χ0) is 20.4. The lowest BCUT2D eigenvalue weighted by atomic mass is 10.2. The van der Waals surface area contributed by atoms with E-state index in [2.05, 4.69) is 17.4 Å². The highest BCUT2D eigenvalue weighted by molar-refractivity contribution is 5.93. The number of carbonyl (C=O) groups excluding carboxylic acids is 2. The summed E-state index contributed by atoms with van der Waals surface area (Å²) in [7, 11) is 0. The molecule has 0 aromatic heterocycles. The van der Waals surface area contributed by atoms with Crippen LogP contribution in [0.3, 0.4) is 0 Å². The van der Waals surface area contributed by atoms with E-state index in [4.69, 9.17) is 9.47 Å². The first-order valence-corrected chi connectivity index (χ1v) is 8.52. The molecule has 0 unspecified atom stereocenters. The van der Waals surface area contributed by atoms with Gasteiger partial charge in [-0.1, -0.05) is 36.9 Å². The highest BCUT2D eigenvalue weighted by Gasteiger charge is 2.16. The second-order valence-electron chi connectivity index (χ2n) is 5.67. The van der Waals surface area contributed by atoms with Crippen LogP contribution in [0, 0.1) is 5.82 Å². The number of amides is 2. The average molecular weight is 384 g/mol. The Morgan fingerprint density at radius 3 is 2.54 bits per heavy atom. The van der Waals surface area contributed by atoms with Crippen LogP contribution in [0.25, 0.3) is 6.08 Å². The van der Waals surface area contributed by atoms with Crippen LogP contribution in [-0.4, -0.2) is 24.5 Å². The van der Waals surface area contributed by atoms with Crippen LogP contribution in [0.15, 0.2) is 67.3 Å². The third-order valence-electron chi connectivity index (χ3n) is 3.49. The van der Waals surface area contributed by atoms with Crippen LogP contribution >= 0.6 is 0 Å². The number of ether oxygens (including phenoxy) is 2. The molecule has 0 aliphatic carbocycles. The lowest BCUT2D eigenvalue weighted by Crippen LogP contribution is -2.46. The largest absolute Gasteiger partial charge is 0.490 e. The third kappa shape index (κ3) is 6.60. The van der Waals surface area contributed by atoms with E-state index in [1.807, 2.05) is 0 Å². The third-order valence-corrected chi connectivity index (χ3v) is 3.49. The Hall–Kier alpha value is -3.61. The van der Waals surface area contributed by atoms with Crippen molar-refractivity contribution in [2.75, 3.05) is 6.61 Å². The van der Waals surface area contributed by atoms with E-state index in [0.29, 0.717) is 12.4 Å². The number of hydrazine groups is 1. The lowest BCUT2D eigenvalue weighted by molar-refractivity contribution is -0.131. The smallest absolute Gasteiger partial charge is 0.279 e. The van der Waals surface area contributed by atoms with Crippen molar-refractivity contribution in [3.63, 3.8) is 0 Å². The predicted molar refractivity (Wildman–Crippen MR) is 104 cm³/mol. The van der Waals surface area contributed by atoms with Gasteiger partial charge in [-0.15, -0.1) is 0 Å². The second-order valence-corrected chi connectivity index (χ2v) is 5.67. The van der Waals surface area contributed by atoms with Gasteiger partial charge in [0, 0.05) is 6.08 Å². The molecule has 7 heteroatoms. The molecule has 28 heavy (non-hydrogen) atoms. The molecule has 6 nitrogen and oxygen atoms in total. The average Bonchev–Trinajstić information content (AvgIpc) is 2.71. The van der Waals surface area contributed by atoms with Crippen molar-refractivity contribution in [2.24, 2.45) is 0 Å². The van der Waals surface area contributed by atoms with Gasteiger partial charge in [0.1, 0.15) is 12.4 Å². The summed E-state index contributed by atoms with van der Waals surface area (Å²) < 4.78 is 24.1. The summed E-state index contributed by atoms with van der Waals surface area (Å²) in [5.41, 5.74) is 5.24. The quantitative estimate of drug-likeness (QED) is 0.417. The normalized spacial score (nSPS) is 11.5. The number of rotatable bonds is 8. The Balaban J connectivity index is 1.79. The molecular formula is C21H21FN2O4. The first-order valence-electron chi connectivity index (χ1n) is 8.52. The monoisotopic (exact) mass is 384 g/mol. The Labute approximate surface area is 162 Å². The van der Waals surface area contributed by atoms with Gasteiger partial charge in [0.2, 0.25) is 0 Å². The van der Waals surface area contributed by atoms with E-state index in [0.717, 1.165) is 5.56 Å². The molecule has 0 heterocycles. The number of halogens is 1. The zero-order valence-electron chi connectivity index (χ0n) is 15.4. The lowest BCUT2D eigenvalue weighted by Gasteiger charge is -2.15. The molecule has 0 bridgehead atoms. The molecule has 0 radical (unpaired) electrons. The standard InChI is InChI=1S/C21H21FN2O4/c1-3-14-27-17-11-8-16(9-12-17)10-13-20(25)23-24-21(26)15(2)28-19-7-5-4-6-18(19)22/h3-13,15H,1,14H2,2H3,(H,23,25)(H,24,26)/b13-10+/t15-/m1/s1. The molecule has 2 amide bonds. The number of para-hydroxylation sites is 1. The van der Waals surface area contributed by atoms with Gasteiger partial charge >= 0.3 is 0 Å². The van der Waals surface area contributed by atoms with Crippen molar-refractivity contribution >= 4 is 17.9 Å². The maximum absolute atomic E-state index is 13.5. The van der Waals surface area contributed by atoms with Crippen LogP contribution in [0.1, 0.15) is 12.5 Å². The van der Waals surface area contributed by atoms with Crippen LogP contribution in [-0.2, 0) is 9.59 Å². The Bertz CT molecular complexity index is 850. The molecule has 0 spiro atoms. The van der Waals surface area contributed by atoms with Gasteiger partial charge in [-0.05, 0) is 42.8 Å². The van der Waals surface area contributed by atoms with Crippen LogP contribution in [0.2, 0.25) is 0 Å². The summed E-state index contributed by atoms with van der Waals surface area (Å²) in [6.07, 6.45) is 3.50. The van der Waals surface area contributed by atoms with Crippen molar-refractivity contribution in [3.8, 4) is 11.5 Å². The second kappa shape index (κ2) is 10.5. The van der Waals surface area contributed by atoms with E-state index >= 15 is 0 Å². The maximum atomic E-state index is 13.5. The van der Waals surface area contributed by atoms with Crippen molar-refractivity contribution in [1.29, 1.82) is 0 Å². The molecular weight excluding hydrogens is 363 g/mol. The van der Waals surface area contributed by atoms with Crippen molar-refractivity contribution in [1.82, 2.24) is 10.9 Å². The minimum Gasteiger partial charge on any atom is -0.490 e. The molecule has 2 rings (SSSR count). The van der Waals surface area contributed by atoms with E-state index < -0.39 is 23.7 Å². The summed E-state index contributed by atoms with van der Waals surface area (Å²) in [4.78, 5) is 23.8.